The van der Waals surface area contributed by atoms with Crippen LogP contribution in [0.2, 0.25) is 12.5 Å². The zero-order valence-corrected chi connectivity index (χ0v) is 20.7. The van der Waals surface area contributed by atoms with Gasteiger partial charge in [-0.1, -0.05) is 0 Å². The summed E-state index contributed by atoms with van der Waals surface area (Å²) in [5.41, 5.74) is 0. The molecule has 0 unspecified atom stereocenters. The Balaban J connectivity index is 4.10. The molecule has 0 spiro atoms. The summed E-state index contributed by atoms with van der Waals surface area (Å²) in [6, 6.07) is 1.44. The van der Waals surface area contributed by atoms with E-state index < -0.39 is 21.4 Å². The van der Waals surface area contributed by atoms with Crippen LogP contribution < -0.4 is 0 Å². The first kappa shape index (κ1) is 23.8. The Morgan fingerprint density at radius 3 is 1.57 bits per heavy atom. The molecule has 0 aromatic heterocycles. The molecule has 0 heterocycles. The van der Waals surface area contributed by atoms with Gasteiger partial charge in [0.1, 0.15) is 0 Å². The summed E-state index contributed by atoms with van der Waals surface area (Å²) in [6.45, 7) is 21.6. The molecule has 0 aromatic rings. The van der Waals surface area contributed by atoms with E-state index in [-0.39, 0.29) is 0 Å². The van der Waals surface area contributed by atoms with Gasteiger partial charge in [-0.3, -0.25) is 0 Å². The van der Waals surface area contributed by atoms with Crippen LogP contribution in [-0.4, -0.2) is 69.5 Å². The Morgan fingerprint density at radius 2 is 1.17 bits per heavy atom. The predicted octanol–water partition coefficient (Wildman–Crippen LogP) is 5.52. The Kier molecular flexibility index (Phi) is 15.6. The molecule has 0 aliphatic carbocycles. The van der Waals surface area contributed by atoms with E-state index in [9.17, 15) is 0 Å². The first-order chi connectivity index (χ1) is 11.0. The van der Waals surface area contributed by atoms with Crippen LogP contribution in [-0.2, 0) is 0 Å². The van der Waals surface area contributed by atoms with Crippen molar-refractivity contribution in [3.05, 3.63) is 0 Å². The van der Waals surface area contributed by atoms with E-state index in [1.807, 2.05) is 0 Å². The molecule has 0 fully saturated rings. The summed E-state index contributed by atoms with van der Waals surface area (Å²) in [6.07, 6.45) is 5.67. The maximum absolute atomic E-state index is 2.69. The fraction of sp³-hybridized carbons (Fsp3) is 1.00. The Bertz CT molecular complexity index is 256. The third-order valence-electron chi connectivity index (χ3n) is 5.19. The van der Waals surface area contributed by atoms with Crippen molar-refractivity contribution >= 4 is 21.4 Å². The van der Waals surface area contributed by atoms with Crippen LogP contribution >= 0.6 is 0 Å². The van der Waals surface area contributed by atoms with Crippen molar-refractivity contribution in [2.75, 3.05) is 26.2 Å². The van der Waals surface area contributed by atoms with Gasteiger partial charge in [0, 0.05) is 0 Å². The van der Waals surface area contributed by atoms with Gasteiger partial charge in [0.25, 0.3) is 0 Å². The molecule has 0 amide bonds. The second kappa shape index (κ2) is 15.1. The standard InChI is InChI=1S/C9H20N.C8H18N.C3H7.In/c1-5-7-10(8-6-2)9(3)4;1-5-7-9(6-2)8(3)4;1-3-2;/h9H,1,5-8H2,2-4H3;8H,1,5-7H2,2-4H3;1,3H2,2H3;. The predicted molar refractivity (Wildman–Crippen MR) is 109 cm³/mol. The molecule has 0 atom stereocenters. The van der Waals surface area contributed by atoms with E-state index in [0.29, 0.717) is 6.04 Å². The van der Waals surface area contributed by atoms with E-state index >= 15 is 0 Å². The van der Waals surface area contributed by atoms with Crippen molar-refractivity contribution in [2.24, 2.45) is 0 Å². The van der Waals surface area contributed by atoms with Gasteiger partial charge >= 0.3 is 156 Å². The quantitative estimate of drug-likeness (QED) is 0.339. The van der Waals surface area contributed by atoms with Gasteiger partial charge in [0.05, 0.1) is 0 Å². The Hall–Kier alpha value is 0.790. The molecule has 0 bridgehead atoms. The zero-order valence-electron chi connectivity index (χ0n) is 17.4. The molecule has 23 heavy (non-hydrogen) atoms. The van der Waals surface area contributed by atoms with Gasteiger partial charge < -0.3 is 0 Å². The van der Waals surface area contributed by atoms with E-state index in [2.05, 4.69) is 58.3 Å². The fourth-order valence-corrected chi connectivity index (χ4v) is 12.8. The van der Waals surface area contributed by atoms with Gasteiger partial charge in [-0.15, -0.1) is 0 Å². The molecule has 0 radical (unpaired) electrons. The molecule has 0 aliphatic rings. The van der Waals surface area contributed by atoms with Crippen LogP contribution in [0.5, 0.6) is 0 Å². The van der Waals surface area contributed by atoms with Crippen molar-refractivity contribution < 1.29 is 0 Å². The summed E-state index contributed by atoms with van der Waals surface area (Å²) in [7, 11) is 0. The average Bonchev–Trinajstić information content (AvgIpc) is 2.49. The zero-order chi connectivity index (χ0) is 17.7. The molecule has 0 N–H and O–H groups in total. The van der Waals surface area contributed by atoms with Gasteiger partial charge in [0.2, 0.25) is 0 Å². The first-order valence-electron chi connectivity index (χ1n) is 10.4. The Morgan fingerprint density at radius 1 is 0.652 bits per heavy atom. The van der Waals surface area contributed by atoms with E-state index in [1.165, 1.54) is 51.9 Å². The van der Waals surface area contributed by atoms with E-state index in [1.54, 1.807) is 12.5 Å². The van der Waals surface area contributed by atoms with E-state index in [4.69, 9.17) is 0 Å². The molecule has 3 heteroatoms. The summed E-state index contributed by atoms with van der Waals surface area (Å²) in [5, 5.41) is 0. The summed E-state index contributed by atoms with van der Waals surface area (Å²) in [5.74, 6) is 0. The number of hydrogen-bond acceptors (Lipinski definition) is 2. The Labute approximate surface area is 155 Å². The van der Waals surface area contributed by atoms with Gasteiger partial charge in [-0.2, -0.15) is 0 Å². The average molecular weight is 428 g/mol. The fourth-order valence-electron chi connectivity index (χ4n) is 3.70. The number of nitrogens with zero attached hydrogens (tertiary/aromatic N) is 2. The number of rotatable bonds is 15. The molecular formula is C20H45InN2. The van der Waals surface area contributed by atoms with Gasteiger partial charge in [-0.05, 0) is 0 Å². The number of hydrogen-bond donors (Lipinski definition) is 0. The molecule has 0 rings (SSSR count). The normalized spacial score (nSPS) is 12.1. The monoisotopic (exact) mass is 428 g/mol. The van der Waals surface area contributed by atoms with Gasteiger partial charge in [0.15, 0.2) is 0 Å². The van der Waals surface area contributed by atoms with Crippen molar-refractivity contribution in [3.8, 4) is 0 Å². The topological polar surface area (TPSA) is 6.48 Å². The molecule has 0 aromatic carbocycles. The van der Waals surface area contributed by atoms with Crippen molar-refractivity contribution in [2.45, 2.75) is 98.8 Å². The van der Waals surface area contributed by atoms with Crippen LogP contribution in [0, 0.1) is 0 Å². The van der Waals surface area contributed by atoms with Crippen molar-refractivity contribution in [1.29, 1.82) is 0 Å². The van der Waals surface area contributed by atoms with Crippen LogP contribution in [0.4, 0.5) is 0 Å². The third-order valence-corrected chi connectivity index (χ3v) is 16.2. The third kappa shape index (κ3) is 11.9. The molecule has 0 saturated carbocycles. The molecular weight excluding hydrogens is 383 g/mol. The van der Waals surface area contributed by atoms with Crippen molar-refractivity contribution in [3.63, 3.8) is 0 Å². The van der Waals surface area contributed by atoms with Crippen LogP contribution in [0.15, 0.2) is 0 Å². The van der Waals surface area contributed by atoms with Crippen LogP contribution in [0.1, 0.15) is 74.1 Å². The molecule has 2 nitrogen and oxygen atoms in total. The SMILES string of the molecule is CCCN(CC[CH2][In]([CH2]CC)[CH2]CCN(CC)C(C)C)C(C)C. The molecule has 138 valence electrons. The summed E-state index contributed by atoms with van der Waals surface area (Å²) in [4.78, 5) is 5.32. The van der Waals surface area contributed by atoms with Crippen LogP contribution in [0.25, 0.3) is 0 Å². The molecule has 0 aliphatic heterocycles. The minimum atomic E-state index is -1.24. The van der Waals surface area contributed by atoms with E-state index in [0.717, 1.165) is 6.04 Å². The van der Waals surface area contributed by atoms with Crippen LogP contribution in [0.3, 0.4) is 0 Å². The second-order valence-corrected chi connectivity index (χ2v) is 17.7. The first-order valence-corrected chi connectivity index (χ1v) is 17.4. The van der Waals surface area contributed by atoms with Gasteiger partial charge in [-0.25, -0.2) is 0 Å². The van der Waals surface area contributed by atoms with Crippen molar-refractivity contribution in [1.82, 2.24) is 9.80 Å². The summed E-state index contributed by atoms with van der Waals surface area (Å²) >= 11 is -1.24. The minimum absolute atomic E-state index is 0.716. The second-order valence-electron chi connectivity index (χ2n) is 7.79. The summed E-state index contributed by atoms with van der Waals surface area (Å²) < 4.78 is 4.90. The molecule has 0 saturated heterocycles. The maximum atomic E-state index is 2.69.